The third-order valence-corrected chi connectivity index (χ3v) is 5.36. The van der Waals surface area contributed by atoms with Gasteiger partial charge in [0.05, 0.1) is 19.8 Å². The van der Waals surface area contributed by atoms with Crippen molar-refractivity contribution >= 4 is 17.6 Å². The smallest absolute Gasteiger partial charge is 0.268 e. The molecule has 2 aromatic carbocycles. The van der Waals surface area contributed by atoms with E-state index in [2.05, 4.69) is 26.2 Å². The minimum atomic E-state index is -0.934. The minimum absolute atomic E-state index is 0.0000482. The molecule has 0 saturated heterocycles. The summed E-state index contributed by atoms with van der Waals surface area (Å²) < 4.78 is 25.9. The number of ether oxygens (including phenoxy) is 2. The summed E-state index contributed by atoms with van der Waals surface area (Å²) >= 11 is 0. The number of tetrazole rings is 1. The average Bonchev–Trinajstić information content (AvgIpc) is 3.34. The van der Waals surface area contributed by atoms with E-state index in [4.69, 9.17) is 9.47 Å². The summed E-state index contributed by atoms with van der Waals surface area (Å²) in [6, 6.07) is 9.26. The van der Waals surface area contributed by atoms with Gasteiger partial charge in [0.1, 0.15) is 29.1 Å². The van der Waals surface area contributed by atoms with Crippen LogP contribution in [0.15, 0.2) is 53.7 Å². The molecule has 0 bridgehead atoms. The molecule has 176 valence electrons. The van der Waals surface area contributed by atoms with Gasteiger partial charge in [-0.1, -0.05) is 12.0 Å². The Balaban J connectivity index is 1.97. The second kappa shape index (κ2) is 9.69. The third-order valence-electron chi connectivity index (χ3n) is 5.36. The van der Waals surface area contributed by atoms with E-state index in [-0.39, 0.29) is 22.8 Å². The monoisotopic (exact) mass is 466 g/mol. The van der Waals surface area contributed by atoms with E-state index in [9.17, 15) is 14.0 Å². The number of benzene rings is 2. The molecule has 0 saturated carbocycles. The molecule has 1 aliphatic rings. The number of hydrogen-bond acceptors (Lipinski definition) is 8. The van der Waals surface area contributed by atoms with Gasteiger partial charge in [-0.15, -0.1) is 0 Å². The fourth-order valence-corrected chi connectivity index (χ4v) is 3.73. The van der Waals surface area contributed by atoms with Crippen molar-refractivity contribution in [1.29, 1.82) is 0 Å². The lowest BCUT2D eigenvalue weighted by Gasteiger charge is -2.29. The molecule has 1 aliphatic heterocycles. The molecule has 4 rings (SSSR count). The third kappa shape index (κ3) is 4.19. The van der Waals surface area contributed by atoms with Crippen LogP contribution in [-0.4, -0.2) is 52.7 Å². The van der Waals surface area contributed by atoms with Gasteiger partial charge >= 0.3 is 0 Å². The second-order valence-electron chi connectivity index (χ2n) is 7.46. The van der Waals surface area contributed by atoms with Crippen LogP contribution in [0.1, 0.15) is 35.3 Å². The highest BCUT2D eigenvalue weighted by molar-refractivity contribution is 6.15. The fourth-order valence-electron chi connectivity index (χ4n) is 3.73. The average molecular weight is 466 g/mol. The molecule has 0 unspecified atom stereocenters. The summed E-state index contributed by atoms with van der Waals surface area (Å²) in [6.45, 7) is 2.32. The number of allylic oxidation sites excluding steroid dienone is 1. The van der Waals surface area contributed by atoms with E-state index in [0.717, 1.165) is 0 Å². The van der Waals surface area contributed by atoms with E-state index in [1.165, 1.54) is 43.2 Å². The largest absolute Gasteiger partial charge is 0.497 e. The molecule has 1 aromatic heterocycles. The van der Waals surface area contributed by atoms with Gasteiger partial charge in [0.15, 0.2) is 5.78 Å². The van der Waals surface area contributed by atoms with Gasteiger partial charge in [0, 0.05) is 17.7 Å². The first kappa shape index (κ1) is 22.9. The molecular formula is C23H23FN6O4. The van der Waals surface area contributed by atoms with E-state index >= 15 is 0 Å². The predicted octanol–water partition coefficient (Wildman–Crippen LogP) is 2.51. The quantitative estimate of drug-likeness (QED) is 0.486. The van der Waals surface area contributed by atoms with Crippen molar-refractivity contribution in [2.45, 2.75) is 19.4 Å². The molecule has 0 fully saturated rings. The Morgan fingerprint density at radius 2 is 1.91 bits per heavy atom. The molecule has 0 spiro atoms. The van der Waals surface area contributed by atoms with Gasteiger partial charge in [0.2, 0.25) is 5.95 Å². The highest BCUT2D eigenvalue weighted by atomic mass is 19.1. The second-order valence-corrected chi connectivity index (χ2v) is 7.46. The number of carbonyl (C=O) groups excluding carboxylic acids is 2. The summed E-state index contributed by atoms with van der Waals surface area (Å²) in [4.78, 5) is 27.0. The van der Waals surface area contributed by atoms with Crippen LogP contribution in [-0.2, 0) is 4.79 Å². The summed E-state index contributed by atoms with van der Waals surface area (Å²) in [5.41, 5.74) is 0.775. The molecule has 1 atom stereocenters. The van der Waals surface area contributed by atoms with Crippen molar-refractivity contribution in [2.75, 3.05) is 26.1 Å². The molecule has 0 radical (unpaired) electrons. The van der Waals surface area contributed by atoms with Crippen molar-refractivity contribution in [3.63, 3.8) is 0 Å². The number of halogens is 1. The van der Waals surface area contributed by atoms with Gasteiger partial charge in [-0.25, -0.2) is 4.39 Å². The lowest BCUT2D eigenvalue weighted by Crippen LogP contribution is -2.37. The number of nitrogens with zero attached hydrogens (tertiary/aromatic N) is 4. The van der Waals surface area contributed by atoms with Crippen LogP contribution in [0.4, 0.5) is 10.3 Å². The zero-order valence-electron chi connectivity index (χ0n) is 18.8. The molecule has 3 aromatic rings. The van der Waals surface area contributed by atoms with E-state index in [1.54, 1.807) is 18.2 Å². The number of ketones is 1. The first-order valence-corrected chi connectivity index (χ1v) is 10.6. The van der Waals surface area contributed by atoms with Crippen LogP contribution in [0, 0.1) is 5.82 Å². The highest BCUT2D eigenvalue weighted by Crippen LogP contribution is 2.41. The molecule has 11 heteroatoms. The maximum absolute atomic E-state index is 13.8. The number of Topliss-reactive ketones (excluding diaryl/α,β-unsaturated/α-hetero) is 1. The summed E-state index contributed by atoms with van der Waals surface area (Å²) in [7, 11) is 3.01. The summed E-state index contributed by atoms with van der Waals surface area (Å²) in [6.07, 6.45) is 0.700. The lowest BCUT2D eigenvalue weighted by atomic mass is 9.88. The Bertz CT molecular complexity index is 1250. The SMILES string of the molecule is CCCNC(=O)C1=C(C(=O)c2ccc(F)cc2)[C@H](c2cc(OC)ccc2OC)n2nnnc2N1. The number of methoxy groups -OCH3 is 2. The maximum atomic E-state index is 13.8. The number of amides is 1. The van der Waals surface area contributed by atoms with E-state index in [0.29, 0.717) is 30.0 Å². The van der Waals surface area contributed by atoms with Crippen LogP contribution in [0.25, 0.3) is 0 Å². The number of aromatic nitrogens is 4. The first-order valence-electron chi connectivity index (χ1n) is 10.6. The van der Waals surface area contributed by atoms with Crippen molar-refractivity contribution in [2.24, 2.45) is 0 Å². The van der Waals surface area contributed by atoms with Crippen molar-refractivity contribution in [3.8, 4) is 11.5 Å². The summed E-state index contributed by atoms with van der Waals surface area (Å²) in [5, 5.41) is 17.4. The van der Waals surface area contributed by atoms with Crippen LogP contribution in [0.2, 0.25) is 0 Å². The number of carbonyl (C=O) groups is 2. The number of rotatable bonds is 8. The predicted molar refractivity (Wildman–Crippen MR) is 120 cm³/mol. The number of hydrogen-bond donors (Lipinski definition) is 2. The lowest BCUT2D eigenvalue weighted by molar-refractivity contribution is -0.117. The minimum Gasteiger partial charge on any atom is -0.497 e. The molecule has 2 N–H and O–H groups in total. The van der Waals surface area contributed by atoms with Crippen LogP contribution in [0.5, 0.6) is 11.5 Å². The normalized spacial score (nSPS) is 14.8. The standard InChI is InChI=1S/C23H23FN6O4/c1-4-11-25-22(32)19-18(21(31)13-5-7-14(24)8-6-13)20(30-23(26-19)27-28-29-30)16-12-15(33-2)9-10-17(16)34-3/h5-10,12,20H,4,11H2,1-3H3,(H,25,32)(H,26,27,29)/t20-/m0/s1. The zero-order valence-corrected chi connectivity index (χ0v) is 18.8. The molecule has 2 heterocycles. The fraction of sp³-hybridized carbons (Fsp3) is 0.261. The maximum Gasteiger partial charge on any atom is 0.268 e. The van der Waals surface area contributed by atoms with Gasteiger partial charge < -0.3 is 20.1 Å². The van der Waals surface area contributed by atoms with Crippen molar-refractivity contribution in [3.05, 3.63) is 70.7 Å². The van der Waals surface area contributed by atoms with Crippen LogP contribution < -0.4 is 20.1 Å². The van der Waals surface area contributed by atoms with Crippen molar-refractivity contribution in [1.82, 2.24) is 25.5 Å². The van der Waals surface area contributed by atoms with E-state index < -0.39 is 23.5 Å². The molecular weight excluding hydrogens is 443 g/mol. The highest BCUT2D eigenvalue weighted by Gasteiger charge is 2.39. The Morgan fingerprint density at radius 3 is 2.59 bits per heavy atom. The molecule has 10 nitrogen and oxygen atoms in total. The van der Waals surface area contributed by atoms with Gasteiger partial charge in [-0.05, 0) is 59.3 Å². The Morgan fingerprint density at radius 1 is 1.15 bits per heavy atom. The topological polar surface area (TPSA) is 120 Å². The number of fused-ring (bicyclic) bond motifs is 1. The van der Waals surface area contributed by atoms with Gasteiger partial charge in [-0.2, -0.15) is 4.68 Å². The van der Waals surface area contributed by atoms with Crippen LogP contribution in [0.3, 0.4) is 0 Å². The first-order chi connectivity index (χ1) is 16.5. The van der Waals surface area contributed by atoms with Crippen molar-refractivity contribution < 1.29 is 23.5 Å². The Hall–Kier alpha value is -4.28. The zero-order chi connectivity index (χ0) is 24.2. The summed E-state index contributed by atoms with van der Waals surface area (Å²) in [5.74, 6) is -0.353. The van der Waals surface area contributed by atoms with Gasteiger partial charge in [-0.3, -0.25) is 9.59 Å². The van der Waals surface area contributed by atoms with Crippen LogP contribution >= 0.6 is 0 Å². The number of nitrogens with one attached hydrogen (secondary N) is 2. The Kier molecular flexibility index (Phi) is 6.53. The molecule has 0 aliphatic carbocycles. The molecule has 34 heavy (non-hydrogen) atoms. The van der Waals surface area contributed by atoms with Gasteiger partial charge in [0.25, 0.3) is 5.91 Å². The molecule has 1 amide bonds. The number of anilines is 1. The Labute approximate surface area is 194 Å². The van der Waals surface area contributed by atoms with E-state index in [1.807, 2.05) is 6.92 Å².